The lowest BCUT2D eigenvalue weighted by Gasteiger charge is -2.18. The van der Waals surface area contributed by atoms with Gasteiger partial charge in [-0.25, -0.2) is 0 Å². The molecule has 1 heteroatoms. The number of nitrogens with two attached hydrogens (primary N) is 1. The van der Waals surface area contributed by atoms with Crippen molar-refractivity contribution in [1.82, 2.24) is 0 Å². The second-order valence-corrected chi connectivity index (χ2v) is 4.04. The van der Waals surface area contributed by atoms with Gasteiger partial charge in [-0.05, 0) is 23.8 Å². The number of rotatable bonds is 2. The van der Waals surface area contributed by atoms with E-state index >= 15 is 0 Å². The Bertz CT molecular complexity index is 262. The van der Waals surface area contributed by atoms with Gasteiger partial charge < -0.3 is 5.73 Å². The normalized spacial score (nSPS) is 21.8. The summed E-state index contributed by atoms with van der Waals surface area (Å²) >= 11 is 0. The summed E-state index contributed by atoms with van der Waals surface area (Å²) < 4.78 is 0. The maximum atomic E-state index is 6.13. The highest BCUT2D eigenvalue weighted by molar-refractivity contribution is 5.22. The summed E-state index contributed by atoms with van der Waals surface area (Å²) in [5.41, 5.74) is 7.80. The lowest BCUT2D eigenvalue weighted by molar-refractivity contribution is 0.451. The van der Waals surface area contributed by atoms with Gasteiger partial charge in [-0.2, -0.15) is 0 Å². The molecule has 0 aromatic heterocycles. The van der Waals surface area contributed by atoms with Gasteiger partial charge in [0.15, 0.2) is 0 Å². The second-order valence-electron chi connectivity index (χ2n) is 4.04. The molecule has 1 saturated carbocycles. The fraction of sp³-hybridized carbons (Fsp3) is 0.455. The van der Waals surface area contributed by atoms with E-state index in [0.717, 1.165) is 0 Å². The van der Waals surface area contributed by atoms with Crippen LogP contribution in [0.15, 0.2) is 30.3 Å². The highest BCUT2D eigenvalue weighted by Gasteiger charge is 2.43. The van der Waals surface area contributed by atoms with Crippen molar-refractivity contribution in [3.05, 3.63) is 35.9 Å². The Hall–Kier alpha value is -0.820. The van der Waals surface area contributed by atoms with E-state index in [1.165, 1.54) is 18.4 Å². The van der Waals surface area contributed by atoms with E-state index in [1.807, 2.05) is 6.07 Å². The van der Waals surface area contributed by atoms with Crippen molar-refractivity contribution in [2.45, 2.75) is 25.8 Å². The Morgan fingerprint density at radius 1 is 1.25 bits per heavy atom. The summed E-state index contributed by atoms with van der Waals surface area (Å²) in [5, 5.41) is 0. The van der Waals surface area contributed by atoms with Crippen molar-refractivity contribution in [2.75, 3.05) is 0 Å². The monoisotopic (exact) mass is 161 g/mol. The van der Waals surface area contributed by atoms with Crippen molar-refractivity contribution in [3.8, 4) is 0 Å². The van der Waals surface area contributed by atoms with Crippen LogP contribution in [0.3, 0.4) is 0 Å². The summed E-state index contributed by atoms with van der Waals surface area (Å²) in [6.07, 6.45) is 2.56. The molecular formula is C11H15N. The molecular weight excluding hydrogens is 146 g/mol. The molecule has 1 aromatic carbocycles. The van der Waals surface area contributed by atoms with Crippen LogP contribution in [0, 0.1) is 5.41 Å². The van der Waals surface area contributed by atoms with Crippen LogP contribution in [0.2, 0.25) is 0 Å². The predicted octanol–water partition coefficient (Wildman–Crippen LogP) is 2.49. The quantitative estimate of drug-likeness (QED) is 0.708. The van der Waals surface area contributed by atoms with Crippen LogP contribution < -0.4 is 5.73 Å². The van der Waals surface area contributed by atoms with Crippen LogP contribution in [0.4, 0.5) is 0 Å². The minimum absolute atomic E-state index is 0.235. The summed E-state index contributed by atoms with van der Waals surface area (Å²) in [5.74, 6) is 0. The molecule has 64 valence electrons. The Kier molecular flexibility index (Phi) is 1.69. The van der Waals surface area contributed by atoms with E-state index in [-0.39, 0.29) is 6.04 Å². The van der Waals surface area contributed by atoms with Gasteiger partial charge >= 0.3 is 0 Å². The van der Waals surface area contributed by atoms with Crippen molar-refractivity contribution in [2.24, 2.45) is 11.1 Å². The molecule has 1 aromatic rings. The third-order valence-electron chi connectivity index (χ3n) is 2.95. The first-order chi connectivity index (χ1) is 5.72. The molecule has 0 bridgehead atoms. The maximum absolute atomic E-state index is 6.13. The highest BCUT2D eigenvalue weighted by atomic mass is 14.7. The molecule has 0 amide bonds. The summed E-state index contributed by atoms with van der Waals surface area (Å²) in [7, 11) is 0. The molecule has 1 aliphatic carbocycles. The van der Waals surface area contributed by atoms with Crippen LogP contribution >= 0.6 is 0 Å². The number of benzene rings is 1. The SMILES string of the molecule is CC1([C@@H](N)c2ccccc2)CC1. The van der Waals surface area contributed by atoms with E-state index in [2.05, 4.69) is 31.2 Å². The first-order valence-electron chi connectivity index (χ1n) is 4.53. The van der Waals surface area contributed by atoms with Gasteiger partial charge in [0.05, 0.1) is 0 Å². The van der Waals surface area contributed by atoms with E-state index in [4.69, 9.17) is 5.73 Å². The van der Waals surface area contributed by atoms with Gasteiger partial charge in [-0.15, -0.1) is 0 Å². The fourth-order valence-corrected chi connectivity index (χ4v) is 1.57. The average Bonchev–Trinajstić information content (AvgIpc) is 2.85. The van der Waals surface area contributed by atoms with E-state index in [1.54, 1.807) is 0 Å². The summed E-state index contributed by atoms with van der Waals surface area (Å²) in [6.45, 7) is 2.27. The van der Waals surface area contributed by atoms with Crippen LogP contribution in [-0.2, 0) is 0 Å². The average molecular weight is 161 g/mol. The molecule has 2 N–H and O–H groups in total. The van der Waals surface area contributed by atoms with Gasteiger partial charge in [-0.3, -0.25) is 0 Å². The molecule has 0 radical (unpaired) electrons. The Morgan fingerprint density at radius 2 is 1.83 bits per heavy atom. The van der Waals surface area contributed by atoms with Crippen molar-refractivity contribution >= 4 is 0 Å². The van der Waals surface area contributed by atoms with Crippen LogP contribution in [0.5, 0.6) is 0 Å². The lowest BCUT2D eigenvalue weighted by Crippen LogP contribution is -2.19. The van der Waals surface area contributed by atoms with E-state index in [9.17, 15) is 0 Å². The van der Waals surface area contributed by atoms with Gasteiger partial charge in [0.25, 0.3) is 0 Å². The third kappa shape index (κ3) is 1.25. The molecule has 1 atom stereocenters. The molecule has 0 heterocycles. The van der Waals surface area contributed by atoms with E-state index in [0.29, 0.717) is 5.41 Å². The van der Waals surface area contributed by atoms with Crippen LogP contribution in [-0.4, -0.2) is 0 Å². The molecule has 0 unspecified atom stereocenters. The highest BCUT2D eigenvalue weighted by Crippen LogP contribution is 2.53. The molecule has 1 aliphatic rings. The third-order valence-corrected chi connectivity index (χ3v) is 2.95. The van der Waals surface area contributed by atoms with Gasteiger partial charge in [0.1, 0.15) is 0 Å². The molecule has 1 nitrogen and oxygen atoms in total. The molecule has 0 saturated heterocycles. The predicted molar refractivity (Wildman–Crippen MR) is 50.7 cm³/mol. The Morgan fingerprint density at radius 3 is 2.33 bits per heavy atom. The molecule has 0 spiro atoms. The van der Waals surface area contributed by atoms with Crippen molar-refractivity contribution in [3.63, 3.8) is 0 Å². The topological polar surface area (TPSA) is 26.0 Å². The molecule has 1 fully saturated rings. The standard InChI is InChI=1S/C11H15N/c1-11(7-8-11)10(12)9-5-3-2-4-6-9/h2-6,10H,7-8,12H2,1H3/t10-/m0/s1. The number of hydrogen-bond acceptors (Lipinski definition) is 1. The molecule has 0 aliphatic heterocycles. The fourth-order valence-electron chi connectivity index (χ4n) is 1.57. The zero-order chi connectivity index (χ0) is 8.60. The Balaban J connectivity index is 2.20. The smallest absolute Gasteiger partial charge is 0.0349 e. The zero-order valence-corrected chi connectivity index (χ0v) is 7.46. The lowest BCUT2D eigenvalue weighted by atomic mass is 9.93. The van der Waals surface area contributed by atoms with Crippen LogP contribution in [0.1, 0.15) is 31.4 Å². The van der Waals surface area contributed by atoms with Gasteiger partial charge in [-0.1, -0.05) is 37.3 Å². The largest absolute Gasteiger partial charge is 0.323 e. The molecule has 2 rings (SSSR count). The van der Waals surface area contributed by atoms with Crippen LogP contribution in [0.25, 0.3) is 0 Å². The van der Waals surface area contributed by atoms with Gasteiger partial charge in [0, 0.05) is 6.04 Å². The first kappa shape index (κ1) is 7.81. The number of hydrogen-bond donors (Lipinski definition) is 1. The minimum Gasteiger partial charge on any atom is -0.323 e. The maximum Gasteiger partial charge on any atom is 0.0349 e. The first-order valence-corrected chi connectivity index (χ1v) is 4.53. The summed E-state index contributed by atoms with van der Waals surface area (Å²) in [6, 6.07) is 10.6. The van der Waals surface area contributed by atoms with Crippen molar-refractivity contribution in [1.29, 1.82) is 0 Å². The zero-order valence-electron chi connectivity index (χ0n) is 7.46. The Labute approximate surface area is 73.6 Å². The van der Waals surface area contributed by atoms with E-state index < -0.39 is 0 Å². The minimum atomic E-state index is 0.235. The van der Waals surface area contributed by atoms with Gasteiger partial charge in [0.2, 0.25) is 0 Å². The van der Waals surface area contributed by atoms with Crippen molar-refractivity contribution < 1.29 is 0 Å². The second kappa shape index (κ2) is 2.60. The molecule has 12 heavy (non-hydrogen) atoms. The summed E-state index contributed by atoms with van der Waals surface area (Å²) in [4.78, 5) is 0.